The maximum atomic E-state index is 12.1. The lowest BCUT2D eigenvalue weighted by atomic mass is 9.63. The molecule has 2 rings (SSSR count). The fraction of sp³-hybridized carbons (Fsp3) is 0.417. The van der Waals surface area contributed by atoms with Gasteiger partial charge in [-0.1, -0.05) is 29.8 Å². The number of ketones is 1. The van der Waals surface area contributed by atoms with Gasteiger partial charge in [-0.05, 0) is 24.5 Å². The second-order valence-corrected chi connectivity index (χ2v) is 5.46. The van der Waals surface area contributed by atoms with Crippen LogP contribution in [0.25, 0.3) is 0 Å². The number of hydrogen-bond acceptors (Lipinski definition) is 3. The van der Waals surface area contributed by atoms with Gasteiger partial charge < -0.3 is 10.8 Å². The summed E-state index contributed by atoms with van der Waals surface area (Å²) in [5.74, 6) is -0.151. The molecule has 0 bridgehead atoms. The fourth-order valence-corrected chi connectivity index (χ4v) is 2.61. The standard InChI is InChI=1S/C12H15BClNO2/c13-11(17)5-6-12(15,10(16)7-11)8-3-1-2-4-9(8)14/h1-4,17H,5-7,13,15H2. The first-order chi connectivity index (χ1) is 7.85. The molecule has 1 fully saturated rings. The molecule has 3 N–H and O–H groups in total. The minimum absolute atomic E-state index is 0.0781. The van der Waals surface area contributed by atoms with Gasteiger partial charge in [0.05, 0.1) is 0 Å². The van der Waals surface area contributed by atoms with E-state index >= 15 is 0 Å². The number of carbonyl (C=O) groups excluding carboxylic acids is 1. The molecule has 0 amide bonds. The van der Waals surface area contributed by atoms with E-state index < -0.39 is 11.0 Å². The Morgan fingerprint density at radius 2 is 2.00 bits per heavy atom. The van der Waals surface area contributed by atoms with Crippen LogP contribution in [-0.2, 0) is 10.3 Å². The molecule has 5 heteroatoms. The number of halogens is 1. The van der Waals surface area contributed by atoms with E-state index in [2.05, 4.69) is 0 Å². The van der Waals surface area contributed by atoms with Gasteiger partial charge in [-0.15, -0.1) is 0 Å². The molecule has 0 saturated heterocycles. The van der Waals surface area contributed by atoms with Gasteiger partial charge in [0.2, 0.25) is 0 Å². The largest absolute Gasteiger partial charge is 0.399 e. The Bertz CT molecular complexity index is 464. The molecule has 1 aromatic carbocycles. The van der Waals surface area contributed by atoms with Crippen LogP contribution in [0.2, 0.25) is 5.02 Å². The molecule has 0 heterocycles. The summed E-state index contributed by atoms with van der Waals surface area (Å²) in [6, 6.07) is 7.13. The number of rotatable bonds is 1. The number of nitrogens with two attached hydrogens (primary N) is 1. The molecule has 0 radical (unpaired) electrons. The Kier molecular flexibility index (Phi) is 3.06. The molecule has 1 aromatic rings. The van der Waals surface area contributed by atoms with Gasteiger partial charge in [0.15, 0.2) is 5.78 Å². The van der Waals surface area contributed by atoms with E-state index in [0.717, 1.165) is 0 Å². The third kappa shape index (κ3) is 2.25. The van der Waals surface area contributed by atoms with Gasteiger partial charge in [-0.2, -0.15) is 0 Å². The Labute approximate surface area is 106 Å². The number of aliphatic hydroxyl groups is 1. The van der Waals surface area contributed by atoms with E-state index in [-0.39, 0.29) is 12.2 Å². The number of benzene rings is 1. The van der Waals surface area contributed by atoms with Crippen LogP contribution < -0.4 is 5.73 Å². The van der Waals surface area contributed by atoms with E-state index in [1.54, 1.807) is 26.0 Å². The number of hydrogen-bond donors (Lipinski definition) is 2. The van der Waals surface area contributed by atoms with Gasteiger partial charge in [0, 0.05) is 16.9 Å². The van der Waals surface area contributed by atoms with Crippen LogP contribution >= 0.6 is 11.6 Å². The summed E-state index contributed by atoms with van der Waals surface area (Å²) in [5, 5.41) is 10.4. The van der Waals surface area contributed by atoms with Crippen LogP contribution in [0, 0.1) is 0 Å². The number of Topliss-reactive ketones (excluding diaryl/α,β-unsaturated/α-hetero) is 1. The monoisotopic (exact) mass is 251 g/mol. The zero-order chi connectivity index (χ0) is 12.7. The van der Waals surface area contributed by atoms with Crippen LogP contribution in [0.1, 0.15) is 24.8 Å². The Morgan fingerprint density at radius 1 is 1.35 bits per heavy atom. The molecular weight excluding hydrogens is 236 g/mol. The predicted molar refractivity (Wildman–Crippen MR) is 69.7 cm³/mol. The van der Waals surface area contributed by atoms with E-state index in [1.165, 1.54) is 0 Å². The minimum Gasteiger partial charge on any atom is -0.399 e. The van der Waals surface area contributed by atoms with E-state index in [4.69, 9.17) is 17.3 Å². The first kappa shape index (κ1) is 12.6. The molecule has 1 saturated carbocycles. The first-order valence-corrected chi connectivity index (χ1v) is 6.02. The lowest BCUT2D eigenvalue weighted by Gasteiger charge is -2.39. The summed E-state index contributed by atoms with van der Waals surface area (Å²) < 4.78 is 0. The van der Waals surface area contributed by atoms with Crippen LogP contribution in [0.4, 0.5) is 0 Å². The average molecular weight is 252 g/mol. The van der Waals surface area contributed by atoms with Crippen LogP contribution in [0.3, 0.4) is 0 Å². The van der Waals surface area contributed by atoms with Crippen LogP contribution in [0.15, 0.2) is 24.3 Å². The molecule has 1 aliphatic carbocycles. The molecule has 2 atom stereocenters. The Balaban J connectivity index is 2.39. The second-order valence-electron chi connectivity index (χ2n) is 5.05. The Morgan fingerprint density at radius 3 is 2.59 bits per heavy atom. The van der Waals surface area contributed by atoms with Crippen molar-refractivity contribution >= 4 is 25.2 Å². The Hall–Kier alpha value is -0.835. The lowest BCUT2D eigenvalue weighted by molar-refractivity contribution is -0.131. The fourth-order valence-electron chi connectivity index (χ4n) is 2.31. The molecule has 2 unspecified atom stereocenters. The van der Waals surface area contributed by atoms with Crippen molar-refractivity contribution in [2.45, 2.75) is 30.3 Å². The van der Waals surface area contributed by atoms with Gasteiger partial charge in [-0.25, -0.2) is 0 Å². The SMILES string of the molecule is BC1(O)CCC(N)(c2ccccc2Cl)C(=O)C1. The lowest BCUT2D eigenvalue weighted by Crippen LogP contribution is -2.54. The molecule has 1 aliphatic rings. The minimum atomic E-state index is -1.05. The summed E-state index contributed by atoms with van der Waals surface area (Å²) in [6.07, 6.45) is 0.998. The molecule has 0 spiro atoms. The number of carbonyl (C=O) groups is 1. The highest BCUT2D eigenvalue weighted by Crippen LogP contribution is 2.38. The van der Waals surface area contributed by atoms with Gasteiger partial charge in [0.1, 0.15) is 13.4 Å². The summed E-state index contributed by atoms with van der Waals surface area (Å²) in [6.45, 7) is 0. The van der Waals surface area contributed by atoms with Gasteiger partial charge in [0.25, 0.3) is 0 Å². The maximum Gasteiger partial charge on any atom is 0.159 e. The highest BCUT2D eigenvalue weighted by Gasteiger charge is 2.45. The highest BCUT2D eigenvalue weighted by molar-refractivity contribution is 6.31. The van der Waals surface area contributed by atoms with Crippen LogP contribution in [0.5, 0.6) is 0 Å². The van der Waals surface area contributed by atoms with Crippen molar-refractivity contribution in [1.29, 1.82) is 0 Å². The zero-order valence-corrected chi connectivity index (χ0v) is 10.5. The van der Waals surface area contributed by atoms with E-state index in [9.17, 15) is 9.90 Å². The van der Waals surface area contributed by atoms with Crippen LogP contribution in [-0.4, -0.2) is 24.2 Å². The molecule has 3 nitrogen and oxygen atoms in total. The maximum absolute atomic E-state index is 12.1. The molecule has 17 heavy (non-hydrogen) atoms. The summed E-state index contributed by atoms with van der Waals surface area (Å²) in [7, 11) is 1.66. The van der Waals surface area contributed by atoms with Crippen molar-refractivity contribution in [3.63, 3.8) is 0 Å². The summed E-state index contributed by atoms with van der Waals surface area (Å²) in [5.41, 5.74) is 4.86. The first-order valence-electron chi connectivity index (χ1n) is 5.65. The van der Waals surface area contributed by atoms with Crippen molar-refractivity contribution in [3.05, 3.63) is 34.9 Å². The van der Waals surface area contributed by atoms with E-state index in [0.29, 0.717) is 23.4 Å². The van der Waals surface area contributed by atoms with E-state index in [1.807, 2.05) is 6.07 Å². The molecular formula is C12H15BClNO2. The zero-order valence-electron chi connectivity index (χ0n) is 9.74. The topological polar surface area (TPSA) is 63.3 Å². The quantitative estimate of drug-likeness (QED) is 0.717. The van der Waals surface area contributed by atoms with Crippen molar-refractivity contribution in [2.24, 2.45) is 5.73 Å². The normalized spacial score (nSPS) is 33.7. The predicted octanol–water partition coefficient (Wildman–Crippen LogP) is 0.569. The molecule has 0 aromatic heterocycles. The highest BCUT2D eigenvalue weighted by atomic mass is 35.5. The molecule has 0 aliphatic heterocycles. The summed E-state index contributed by atoms with van der Waals surface area (Å²) >= 11 is 6.09. The van der Waals surface area contributed by atoms with Crippen molar-refractivity contribution in [3.8, 4) is 0 Å². The summed E-state index contributed by atoms with van der Waals surface area (Å²) in [4.78, 5) is 12.1. The smallest absolute Gasteiger partial charge is 0.159 e. The van der Waals surface area contributed by atoms with Crippen molar-refractivity contribution in [2.75, 3.05) is 0 Å². The van der Waals surface area contributed by atoms with Gasteiger partial charge >= 0.3 is 0 Å². The van der Waals surface area contributed by atoms with Crippen molar-refractivity contribution in [1.82, 2.24) is 0 Å². The third-order valence-corrected chi connectivity index (χ3v) is 3.78. The molecule has 90 valence electrons. The van der Waals surface area contributed by atoms with Gasteiger partial charge in [-0.3, -0.25) is 4.79 Å². The third-order valence-electron chi connectivity index (χ3n) is 3.45. The van der Waals surface area contributed by atoms with Crippen molar-refractivity contribution < 1.29 is 9.90 Å². The average Bonchev–Trinajstić information content (AvgIpc) is 2.24. The second kappa shape index (κ2) is 4.12.